The van der Waals surface area contributed by atoms with Gasteiger partial charge >= 0.3 is 0 Å². The van der Waals surface area contributed by atoms with Gasteiger partial charge in [0.05, 0.1) is 0 Å². The molecular formula is C60H120. The maximum Gasteiger partial charge on any atom is -0.0386 e. The van der Waals surface area contributed by atoms with Gasteiger partial charge in [0.15, 0.2) is 0 Å². The molecule has 0 saturated heterocycles. The van der Waals surface area contributed by atoms with E-state index in [1.807, 2.05) is 0 Å². The Morgan fingerprint density at radius 1 is 0.117 bits per heavy atom. The van der Waals surface area contributed by atoms with Crippen LogP contribution in [-0.2, 0) is 0 Å². The second-order valence-electron chi connectivity index (χ2n) is 25.9. The summed E-state index contributed by atoms with van der Waals surface area (Å²) in [4.78, 5) is 0. The predicted molar refractivity (Wildman–Crippen MR) is 275 cm³/mol. The van der Waals surface area contributed by atoms with Crippen molar-refractivity contribution < 1.29 is 0 Å². The molecule has 1 aliphatic carbocycles. The van der Waals surface area contributed by atoms with Gasteiger partial charge in [-0.3, -0.25) is 0 Å². The lowest BCUT2D eigenvalue weighted by atomic mass is 9.63. The molecule has 360 valence electrons. The van der Waals surface area contributed by atoms with Gasteiger partial charge < -0.3 is 0 Å². The molecule has 0 aromatic heterocycles. The molecule has 0 spiro atoms. The van der Waals surface area contributed by atoms with E-state index in [4.69, 9.17) is 0 Å². The maximum absolute atomic E-state index is 2.61. The first-order valence-electron chi connectivity index (χ1n) is 27.4. The number of hydrogen-bond donors (Lipinski definition) is 0. The van der Waals surface area contributed by atoms with Crippen LogP contribution in [0.4, 0.5) is 0 Å². The van der Waals surface area contributed by atoms with Crippen LogP contribution >= 0.6 is 0 Å². The zero-order valence-electron chi connectivity index (χ0n) is 47.0. The summed E-state index contributed by atoms with van der Waals surface area (Å²) in [5, 5.41) is 0. The Bertz CT molecular complexity index is 965. The Kier molecular flexibility index (Phi) is 24.8. The van der Waals surface area contributed by atoms with Gasteiger partial charge in [0.1, 0.15) is 0 Å². The van der Waals surface area contributed by atoms with Crippen LogP contribution in [0.5, 0.6) is 0 Å². The van der Waals surface area contributed by atoms with E-state index in [9.17, 15) is 0 Å². The molecule has 24 unspecified atom stereocenters. The lowest BCUT2D eigenvalue weighted by Crippen LogP contribution is -2.35. The Labute approximate surface area is 383 Å². The molecule has 60 heavy (non-hydrogen) atoms. The van der Waals surface area contributed by atoms with Crippen molar-refractivity contribution in [1.29, 1.82) is 0 Å². The molecule has 0 radical (unpaired) electrons. The monoisotopic (exact) mass is 841 g/mol. The standard InChI is InChI=1S/C60H120/c1-33-29-37(5)45(13)51(19)55(23)59(27)56(24)53(21)47(15)39(7)31-35(3)43(11)50(18)44(12)36(4)32-40(8)48(16)54(22)58(26)60(28)57(25)52(20)46(14)38(6)30-34(2)42(10)49(17)41(33)9/h33-60H,29-32H2,1-28H3. The number of rotatable bonds is 0. The van der Waals surface area contributed by atoms with Crippen molar-refractivity contribution in [2.24, 2.45) is 166 Å². The van der Waals surface area contributed by atoms with Crippen molar-refractivity contribution in [1.82, 2.24) is 0 Å². The lowest BCUT2D eigenvalue weighted by Gasteiger charge is -2.42. The van der Waals surface area contributed by atoms with Crippen molar-refractivity contribution in [3.63, 3.8) is 0 Å². The van der Waals surface area contributed by atoms with E-state index in [1.165, 1.54) is 25.7 Å². The topological polar surface area (TPSA) is 0 Å². The summed E-state index contributed by atoms with van der Waals surface area (Å²) in [5.41, 5.74) is 0. The minimum absolute atomic E-state index is 0.738. The van der Waals surface area contributed by atoms with E-state index >= 15 is 0 Å². The Balaban J connectivity index is 3.46. The van der Waals surface area contributed by atoms with Gasteiger partial charge in [-0.15, -0.1) is 0 Å². The molecule has 0 aromatic rings. The Hall–Kier alpha value is 0. The van der Waals surface area contributed by atoms with Crippen LogP contribution in [0, 0.1) is 166 Å². The average molecular weight is 842 g/mol. The van der Waals surface area contributed by atoms with Crippen molar-refractivity contribution in [2.45, 2.75) is 220 Å². The fraction of sp³-hybridized carbons (Fsp3) is 1.00. The Morgan fingerprint density at radius 3 is 0.283 bits per heavy atom. The second kappa shape index (κ2) is 25.6. The molecular weight excluding hydrogens is 721 g/mol. The van der Waals surface area contributed by atoms with Gasteiger partial charge in [0.25, 0.3) is 0 Å². The molecule has 0 bridgehead atoms. The quantitative estimate of drug-likeness (QED) is 0.228. The first kappa shape index (κ1) is 58.0. The summed E-state index contributed by atoms with van der Waals surface area (Å²) in [6.07, 6.45) is 5.45. The van der Waals surface area contributed by atoms with Crippen LogP contribution in [0.1, 0.15) is 220 Å². The highest BCUT2D eigenvalue weighted by Crippen LogP contribution is 2.46. The highest BCUT2D eigenvalue weighted by atomic mass is 14.4. The third-order valence-corrected chi connectivity index (χ3v) is 23.4. The van der Waals surface area contributed by atoms with E-state index in [1.54, 1.807) is 0 Å². The maximum atomic E-state index is 2.61. The summed E-state index contributed by atoms with van der Waals surface area (Å²) >= 11 is 0. The zero-order chi connectivity index (χ0) is 47.0. The van der Waals surface area contributed by atoms with Crippen LogP contribution in [0.25, 0.3) is 0 Å². The van der Waals surface area contributed by atoms with Gasteiger partial charge in [0.2, 0.25) is 0 Å². The van der Waals surface area contributed by atoms with Crippen LogP contribution in [-0.4, -0.2) is 0 Å². The SMILES string of the molecule is CC1CC(C)C(C)C(C)C(C)C(C)C(C)C(C)C(C)C(C)CC(C)C(C)C(C)C(C)C(C)CC(C)C(C)C(C)C(C)C(C)C(C)C(C)C(C)C(C)CC(C)C(C)C(C)C1C. The molecule has 24 atom stereocenters. The molecule has 1 rings (SSSR count). The third kappa shape index (κ3) is 15.0. The number of hydrogen-bond acceptors (Lipinski definition) is 0. The molecule has 0 heteroatoms. The minimum Gasteiger partial charge on any atom is -0.0622 e. The summed E-state index contributed by atoms with van der Waals surface area (Å²) in [5.74, 6) is 21.0. The molecule has 1 aliphatic rings. The largest absolute Gasteiger partial charge is 0.0622 e. The third-order valence-electron chi connectivity index (χ3n) is 23.4. The van der Waals surface area contributed by atoms with Gasteiger partial charge in [-0.05, 0) is 191 Å². The van der Waals surface area contributed by atoms with Crippen LogP contribution in [0.3, 0.4) is 0 Å². The first-order valence-corrected chi connectivity index (χ1v) is 27.4. The van der Waals surface area contributed by atoms with Crippen LogP contribution < -0.4 is 0 Å². The molecule has 1 fully saturated rings. The van der Waals surface area contributed by atoms with Crippen molar-refractivity contribution in [2.75, 3.05) is 0 Å². The van der Waals surface area contributed by atoms with Gasteiger partial charge in [-0.1, -0.05) is 194 Å². The fourth-order valence-corrected chi connectivity index (χ4v) is 14.0. The summed E-state index contributed by atoms with van der Waals surface area (Å²) < 4.78 is 0. The molecule has 0 amide bonds. The highest BCUT2D eigenvalue weighted by Gasteiger charge is 2.39. The van der Waals surface area contributed by atoms with Crippen molar-refractivity contribution in [3.8, 4) is 0 Å². The Morgan fingerprint density at radius 2 is 0.183 bits per heavy atom. The van der Waals surface area contributed by atoms with Crippen molar-refractivity contribution in [3.05, 3.63) is 0 Å². The molecule has 0 aliphatic heterocycles. The first-order chi connectivity index (χ1) is 27.4. The van der Waals surface area contributed by atoms with E-state index in [-0.39, 0.29) is 0 Å². The van der Waals surface area contributed by atoms with Crippen LogP contribution in [0.2, 0.25) is 0 Å². The predicted octanol–water partition coefficient (Wildman–Crippen LogP) is 19.4. The summed E-state index contributed by atoms with van der Waals surface area (Å²) in [7, 11) is 0. The van der Waals surface area contributed by atoms with E-state index in [0.717, 1.165) is 166 Å². The average Bonchev–Trinajstić information content (AvgIpc) is 3.22. The molecule has 0 N–H and O–H groups in total. The molecule has 0 aromatic carbocycles. The molecule has 0 heterocycles. The van der Waals surface area contributed by atoms with Crippen LogP contribution in [0.15, 0.2) is 0 Å². The van der Waals surface area contributed by atoms with E-state index < -0.39 is 0 Å². The smallest absolute Gasteiger partial charge is 0.0386 e. The zero-order valence-corrected chi connectivity index (χ0v) is 47.0. The molecule has 1 saturated carbocycles. The second-order valence-corrected chi connectivity index (χ2v) is 25.9. The van der Waals surface area contributed by atoms with Crippen molar-refractivity contribution >= 4 is 0 Å². The fourth-order valence-electron chi connectivity index (χ4n) is 14.0. The summed E-state index contributed by atoms with van der Waals surface area (Å²) in [6.45, 7) is 72.9. The highest BCUT2D eigenvalue weighted by molar-refractivity contribution is 4.88. The summed E-state index contributed by atoms with van der Waals surface area (Å²) in [6, 6.07) is 0. The minimum atomic E-state index is 0.738. The van der Waals surface area contributed by atoms with E-state index in [0.29, 0.717) is 0 Å². The van der Waals surface area contributed by atoms with E-state index in [2.05, 4.69) is 194 Å². The van der Waals surface area contributed by atoms with Gasteiger partial charge in [-0.25, -0.2) is 0 Å². The van der Waals surface area contributed by atoms with Gasteiger partial charge in [-0.2, -0.15) is 0 Å². The lowest BCUT2D eigenvalue weighted by molar-refractivity contribution is 0.0662. The van der Waals surface area contributed by atoms with Gasteiger partial charge in [0, 0.05) is 0 Å². The normalized spacial score (nSPS) is 53.4. The molecule has 0 nitrogen and oxygen atoms in total.